The van der Waals surface area contributed by atoms with Crippen LogP contribution in [0, 0.1) is 12.3 Å². The van der Waals surface area contributed by atoms with Crippen molar-refractivity contribution in [2.45, 2.75) is 25.7 Å². The fourth-order valence-electron chi connectivity index (χ4n) is 2.34. The fraction of sp³-hybridized carbons (Fsp3) is 0.462. The molecule has 2 rings (SSSR count). The standard InChI is InChI=1S/C13H18N2O/c1-9-6-11(8-14)13(15)7-12(9)10-2-4-16-5-3-10/h6-8,10,14H,2-5,15H2,1H3. The number of nitrogens with two attached hydrogens (primary N) is 1. The molecule has 0 amide bonds. The number of anilines is 1. The van der Waals surface area contributed by atoms with Gasteiger partial charge in [-0.25, -0.2) is 0 Å². The second-order valence-corrected chi connectivity index (χ2v) is 4.37. The molecule has 0 unspecified atom stereocenters. The molecule has 0 aliphatic carbocycles. The predicted octanol–water partition coefficient (Wildman–Crippen LogP) is 2.47. The maximum Gasteiger partial charge on any atom is 0.0471 e. The van der Waals surface area contributed by atoms with Crippen molar-refractivity contribution in [3.05, 3.63) is 28.8 Å². The third kappa shape index (κ3) is 2.09. The van der Waals surface area contributed by atoms with Crippen molar-refractivity contribution in [2.24, 2.45) is 0 Å². The summed E-state index contributed by atoms with van der Waals surface area (Å²) in [6.45, 7) is 3.78. The van der Waals surface area contributed by atoms with Crippen molar-refractivity contribution in [1.82, 2.24) is 0 Å². The summed E-state index contributed by atoms with van der Waals surface area (Å²) in [6, 6.07) is 4.04. The van der Waals surface area contributed by atoms with Crippen LogP contribution in [-0.2, 0) is 4.74 Å². The summed E-state index contributed by atoms with van der Waals surface area (Å²) in [5.74, 6) is 0.566. The molecule has 0 bridgehead atoms. The van der Waals surface area contributed by atoms with Crippen LogP contribution >= 0.6 is 0 Å². The van der Waals surface area contributed by atoms with E-state index in [1.54, 1.807) is 0 Å². The zero-order valence-corrected chi connectivity index (χ0v) is 9.62. The van der Waals surface area contributed by atoms with E-state index in [9.17, 15) is 0 Å². The van der Waals surface area contributed by atoms with Crippen LogP contribution in [0.25, 0.3) is 0 Å². The molecule has 1 fully saturated rings. The first kappa shape index (κ1) is 11.1. The van der Waals surface area contributed by atoms with E-state index in [2.05, 4.69) is 6.92 Å². The molecule has 16 heavy (non-hydrogen) atoms. The Hall–Kier alpha value is -1.35. The van der Waals surface area contributed by atoms with Crippen LogP contribution in [0.15, 0.2) is 12.1 Å². The van der Waals surface area contributed by atoms with Gasteiger partial charge in [0.2, 0.25) is 0 Å². The summed E-state index contributed by atoms with van der Waals surface area (Å²) in [4.78, 5) is 0. The van der Waals surface area contributed by atoms with E-state index in [1.165, 1.54) is 17.3 Å². The minimum Gasteiger partial charge on any atom is -0.398 e. The molecule has 0 radical (unpaired) electrons. The highest BCUT2D eigenvalue weighted by Crippen LogP contribution is 2.31. The molecule has 3 N–H and O–H groups in total. The first-order chi connectivity index (χ1) is 7.72. The van der Waals surface area contributed by atoms with E-state index in [4.69, 9.17) is 15.9 Å². The molecular weight excluding hydrogens is 200 g/mol. The first-order valence-corrected chi connectivity index (χ1v) is 5.70. The van der Waals surface area contributed by atoms with E-state index >= 15 is 0 Å². The smallest absolute Gasteiger partial charge is 0.0471 e. The highest BCUT2D eigenvalue weighted by molar-refractivity contribution is 5.85. The summed E-state index contributed by atoms with van der Waals surface area (Å²) < 4.78 is 5.37. The summed E-state index contributed by atoms with van der Waals surface area (Å²) in [7, 11) is 0. The van der Waals surface area contributed by atoms with Crippen molar-refractivity contribution >= 4 is 11.9 Å². The van der Waals surface area contributed by atoms with Gasteiger partial charge in [-0.15, -0.1) is 0 Å². The number of ether oxygens (including phenoxy) is 1. The molecule has 0 saturated carbocycles. The van der Waals surface area contributed by atoms with Gasteiger partial charge >= 0.3 is 0 Å². The Morgan fingerprint density at radius 2 is 2.06 bits per heavy atom. The van der Waals surface area contributed by atoms with Gasteiger partial charge in [0.1, 0.15) is 0 Å². The van der Waals surface area contributed by atoms with Gasteiger partial charge in [0, 0.05) is 30.7 Å². The number of hydrogen-bond donors (Lipinski definition) is 2. The largest absolute Gasteiger partial charge is 0.398 e. The summed E-state index contributed by atoms with van der Waals surface area (Å²) >= 11 is 0. The van der Waals surface area contributed by atoms with E-state index in [0.29, 0.717) is 11.6 Å². The van der Waals surface area contributed by atoms with Crippen LogP contribution in [0.5, 0.6) is 0 Å². The molecule has 3 nitrogen and oxygen atoms in total. The molecule has 1 aliphatic rings. The number of nitrogens with one attached hydrogen (secondary N) is 1. The lowest BCUT2D eigenvalue weighted by atomic mass is 9.87. The molecule has 86 valence electrons. The van der Waals surface area contributed by atoms with E-state index < -0.39 is 0 Å². The Morgan fingerprint density at radius 1 is 1.38 bits per heavy atom. The third-order valence-corrected chi connectivity index (χ3v) is 3.29. The molecule has 0 atom stereocenters. The lowest BCUT2D eigenvalue weighted by Gasteiger charge is -2.24. The second-order valence-electron chi connectivity index (χ2n) is 4.37. The van der Waals surface area contributed by atoms with E-state index in [0.717, 1.165) is 31.6 Å². The Morgan fingerprint density at radius 3 is 2.69 bits per heavy atom. The molecule has 0 spiro atoms. The Kier molecular flexibility index (Phi) is 3.25. The van der Waals surface area contributed by atoms with Crippen molar-refractivity contribution in [3.63, 3.8) is 0 Å². The molecular formula is C13H18N2O. The Bertz CT molecular complexity index is 395. The zero-order chi connectivity index (χ0) is 11.5. The highest BCUT2D eigenvalue weighted by Gasteiger charge is 2.18. The van der Waals surface area contributed by atoms with Gasteiger partial charge in [-0.05, 0) is 48.9 Å². The van der Waals surface area contributed by atoms with Gasteiger partial charge in [0.15, 0.2) is 0 Å². The minimum absolute atomic E-state index is 0.566. The van der Waals surface area contributed by atoms with E-state index in [-0.39, 0.29) is 0 Å². The van der Waals surface area contributed by atoms with Gasteiger partial charge < -0.3 is 15.9 Å². The SMILES string of the molecule is Cc1cc(C=N)c(N)cc1C1CCOCC1. The predicted molar refractivity (Wildman–Crippen MR) is 66.3 cm³/mol. The average molecular weight is 218 g/mol. The van der Waals surface area contributed by atoms with Crippen LogP contribution < -0.4 is 5.73 Å². The number of aryl methyl sites for hydroxylation is 1. The Labute approximate surface area is 96.1 Å². The first-order valence-electron chi connectivity index (χ1n) is 5.70. The van der Waals surface area contributed by atoms with Gasteiger partial charge in [-0.2, -0.15) is 0 Å². The monoisotopic (exact) mass is 218 g/mol. The van der Waals surface area contributed by atoms with Crippen LogP contribution in [0.2, 0.25) is 0 Å². The van der Waals surface area contributed by atoms with Gasteiger partial charge in [-0.1, -0.05) is 0 Å². The summed E-state index contributed by atoms with van der Waals surface area (Å²) in [6.07, 6.45) is 3.46. The molecule has 1 aromatic carbocycles. The van der Waals surface area contributed by atoms with E-state index in [1.807, 2.05) is 12.1 Å². The highest BCUT2D eigenvalue weighted by atomic mass is 16.5. The van der Waals surface area contributed by atoms with Gasteiger partial charge in [0.25, 0.3) is 0 Å². The summed E-state index contributed by atoms with van der Waals surface area (Å²) in [5.41, 5.74) is 10.0. The van der Waals surface area contributed by atoms with Crippen molar-refractivity contribution < 1.29 is 4.74 Å². The lowest BCUT2D eigenvalue weighted by Crippen LogP contribution is -2.15. The number of rotatable bonds is 2. The molecule has 1 saturated heterocycles. The third-order valence-electron chi connectivity index (χ3n) is 3.29. The maximum atomic E-state index is 7.27. The van der Waals surface area contributed by atoms with Crippen LogP contribution in [-0.4, -0.2) is 19.4 Å². The van der Waals surface area contributed by atoms with Crippen molar-refractivity contribution in [3.8, 4) is 0 Å². The van der Waals surface area contributed by atoms with Gasteiger partial charge in [0.05, 0.1) is 0 Å². The maximum absolute atomic E-state index is 7.27. The van der Waals surface area contributed by atoms with Crippen LogP contribution in [0.3, 0.4) is 0 Å². The number of benzene rings is 1. The summed E-state index contributed by atoms with van der Waals surface area (Å²) in [5, 5.41) is 7.27. The molecule has 3 heteroatoms. The minimum atomic E-state index is 0.566. The van der Waals surface area contributed by atoms with Crippen LogP contribution in [0.1, 0.15) is 35.4 Å². The fourth-order valence-corrected chi connectivity index (χ4v) is 2.34. The number of hydrogen-bond acceptors (Lipinski definition) is 3. The van der Waals surface area contributed by atoms with Crippen LogP contribution in [0.4, 0.5) is 5.69 Å². The Balaban J connectivity index is 2.33. The molecule has 1 heterocycles. The molecule has 1 aliphatic heterocycles. The quantitative estimate of drug-likeness (QED) is 0.591. The number of nitrogen functional groups attached to an aromatic ring is 1. The van der Waals surface area contributed by atoms with Gasteiger partial charge in [-0.3, -0.25) is 0 Å². The second kappa shape index (κ2) is 4.66. The normalized spacial score (nSPS) is 17.3. The zero-order valence-electron chi connectivity index (χ0n) is 9.62. The van der Waals surface area contributed by atoms with Crippen molar-refractivity contribution in [1.29, 1.82) is 5.41 Å². The average Bonchev–Trinajstić information content (AvgIpc) is 2.32. The topological polar surface area (TPSA) is 59.1 Å². The lowest BCUT2D eigenvalue weighted by molar-refractivity contribution is 0.0852. The molecule has 0 aromatic heterocycles. The molecule has 1 aromatic rings. The van der Waals surface area contributed by atoms with Crippen molar-refractivity contribution in [2.75, 3.05) is 18.9 Å².